The largest absolute Gasteiger partial charge is 0.491 e. The predicted molar refractivity (Wildman–Crippen MR) is 116 cm³/mol. The number of carbonyl (C=O) groups is 1. The van der Waals surface area contributed by atoms with Gasteiger partial charge in [-0.15, -0.1) is 0 Å². The van der Waals surface area contributed by atoms with Crippen molar-refractivity contribution in [2.24, 2.45) is 0 Å². The number of carbonyl (C=O) groups excluding carboxylic acids is 1. The van der Waals surface area contributed by atoms with E-state index in [2.05, 4.69) is 4.98 Å². The highest BCUT2D eigenvalue weighted by molar-refractivity contribution is 5.98. The molecule has 1 atom stereocenters. The third-order valence-electron chi connectivity index (χ3n) is 5.11. The molecule has 0 radical (unpaired) electrons. The van der Waals surface area contributed by atoms with Crippen LogP contribution >= 0.6 is 0 Å². The summed E-state index contributed by atoms with van der Waals surface area (Å²) in [5.41, 5.74) is 3.70. The number of amides is 1. The normalized spacial score (nSPS) is 14.0. The van der Waals surface area contributed by atoms with Crippen LogP contribution in [0.1, 0.15) is 47.1 Å². The van der Waals surface area contributed by atoms with Crippen molar-refractivity contribution in [2.45, 2.75) is 39.5 Å². The highest BCUT2D eigenvalue weighted by atomic mass is 16.5. The van der Waals surface area contributed by atoms with Gasteiger partial charge >= 0.3 is 0 Å². The van der Waals surface area contributed by atoms with Crippen molar-refractivity contribution in [3.05, 3.63) is 89.1 Å². The van der Waals surface area contributed by atoms with Crippen molar-refractivity contribution in [3.8, 4) is 11.6 Å². The van der Waals surface area contributed by atoms with Gasteiger partial charge in [0.2, 0.25) is 5.88 Å². The number of pyridine rings is 1. The van der Waals surface area contributed by atoms with Gasteiger partial charge in [-0.05, 0) is 56.2 Å². The highest BCUT2D eigenvalue weighted by Gasteiger charge is 2.33. The minimum absolute atomic E-state index is 0.0268. The molecule has 0 saturated heterocycles. The number of aromatic nitrogens is 1. The Hall–Kier alpha value is -3.34. The number of fused-ring (bicyclic) bond motifs is 1. The number of rotatable bonds is 7. The van der Waals surface area contributed by atoms with E-state index >= 15 is 0 Å². The smallest absolute Gasteiger partial charge is 0.255 e. The third kappa shape index (κ3) is 4.30. The Balaban J connectivity index is 1.60. The first-order valence-corrected chi connectivity index (χ1v) is 10.2. The van der Waals surface area contributed by atoms with E-state index in [0.29, 0.717) is 19.0 Å². The summed E-state index contributed by atoms with van der Waals surface area (Å²) in [4.78, 5) is 19.4. The van der Waals surface area contributed by atoms with Crippen LogP contribution in [0.4, 0.5) is 0 Å². The summed E-state index contributed by atoms with van der Waals surface area (Å²) in [6.07, 6.45) is 0.108. The molecule has 2 aromatic carbocycles. The van der Waals surface area contributed by atoms with Crippen LogP contribution in [-0.4, -0.2) is 28.5 Å². The molecule has 30 heavy (non-hydrogen) atoms. The maximum atomic E-state index is 13.1. The molecule has 1 aliphatic heterocycles. The molecule has 5 heteroatoms. The van der Waals surface area contributed by atoms with E-state index in [1.807, 2.05) is 92.4 Å². The van der Waals surface area contributed by atoms with Gasteiger partial charge in [0.1, 0.15) is 12.4 Å². The number of hydrogen-bond donors (Lipinski definition) is 0. The minimum atomic E-state index is -0.236. The summed E-state index contributed by atoms with van der Waals surface area (Å²) >= 11 is 0. The van der Waals surface area contributed by atoms with Crippen LogP contribution in [0, 0.1) is 6.92 Å². The second-order valence-electron chi connectivity index (χ2n) is 7.77. The molecule has 1 aliphatic rings. The van der Waals surface area contributed by atoms with Crippen LogP contribution in [0.3, 0.4) is 0 Å². The van der Waals surface area contributed by atoms with Gasteiger partial charge in [0.15, 0.2) is 0 Å². The van der Waals surface area contributed by atoms with Gasteiger partial charge in [-0.1, -0.05) is 36.4 Å². The second-order valence-corrected chi connectivity index (χ2v) is 7.77. The molecular formula is C25H26N2O3. The second kappa shape index (κ2) is 8.57. The average Bonchev–Trinajstić information content (AvgIpc) is 3.06. The number of aryl methyl sites for hydroxylation is 1. The molecule has 1 unspecified atom stereocenters. The zero-order valence-electron chi connectivity index (χ0n) is 17.5. The first kappa shape index (κ1) is 20.0. The van der Waals surface area contributed by atoms with Crippen molar-refractivity contribution >= 4 is 5.91 Å². The maximum absolute atomic E-state index is 13.1. The van der Waals surface area contributed by atoms with E-state index in [4.69, 9.17) is 9.47 Å². The first-order chi connectivity index (χ1) is 14.5. The van der Waals surface area contributed by atoms with E-state index in [0.717, 1.165) is 28.1 Å². The van der Waals surface area contributed by atoms with Gasteiger partial charge in [-0.2, -0.15) is 0 Å². The van der Waals surface area contributed by atoms with E-state index in [1.165, 1.54) is 0 Å². The molecule has 0 saturated carbocycles. The fourth-order valence-corrected chi connectivity index (χ4v) is 3.70. The Labute approximate surface area is 177 Å². The van der Waals surface area contributed by atoms with Crippen molar-refractivity contribution in [1.29, 1.82) is 0 Å². The van der Waals surface area contributed by atoms with Crippen LogP contribution in [0.25, 0.3) is 0 Å². The van der Waals surface area contributed by atoms with Gasteiger partial charge in [0.25, 0.3) is 5.91 Å². The van der Waals surface area contributed by atoms with Crippen molar-refractivity contribution < 1.29 is 14.3 Å². The van der Waals surface area contributed by atoms with Gasteiger partial charge < -0.3 is 14.4 Å². The van der Waals surface area contributed by atoms with Crippen LogP contribution in [0.5, 0.6) is 11.6 Å². The van der Waals surface area contributed by atoms with E-state index in [1.54, 1.807) is 0 Å². The average molecular weight is 402 g/mol. The maximum Gasteiger partial charge on any atom is 0.255 e. The molecule has 0 N–H and O–H groups in total. The Morgan fingerprint density at radius 2 is 1.77 bits per heavy atom. The summed E-state index contributed by atoms with van der Waals surface area (Å²) in [6, 6.07) is 21.1. The number of nitrogens with zero attached hydrogens (tertiary/aromatic N) is 2. The third-order valence-corrected chi connectivity index (χ3v) is 5.11. The van der Waals surface area contributed by atoms with Gasteiger partial charge in [-0.3, -0.25) is 4.79 Å². The quantitative estimate of drug-likeness (QED) is 0.561. The predicted octanol–water partition coefficient (Wildman–Crippen LogP) is 4.95. The zero-order valence-corrected chi connectivity index (χ0v) is 17.5. The summed E-state index contributed by atoms with van der Waals surface area (Å²) in [7, 11) is 0. The Morgan fingerprint density at radius 3 is 2.47 bits per heavy atom. The summed E-state index contributed by atoms with van der Waals surface area (Å²) in [5, 5.41) is 0. The highest BCUT2D eigenvalue weighted by Crippen LogP contribution is 2.32. The van der Waals surface area contributed by atoms with Crippen molar-refractivity contribution in [3.63, 3.8) is 0 Å². The van der Waals surface area contributed by atoms with Crippen molar-refractivity contribution in [2.75, 3.05) is 6.61 Å². The van der Waals surface area contributed by atoms with E-state index < -0.39 is 0 Å². The molecule has 1 amide bonds. The lowest BCUT2D eigenvalue weighted by Gasteiger charge is -2.28. The molecule has 154 valence electrons. The lowest BCUT2D eigenvalue weighted by molar-refractivity contribution is 0.0632. The number of ether oxygens (including phenoxy) is 2. The fourth-order valence-electron chi connectivity index (χ4n) is 3.70. The minimum Gasteiger partial charge on any atom is -0.491 e. The lowest BCUT2D eigenvalue weighted by Crippen LogP contribution is -2.33. The molecule has 2 heterocycles. The molecule has 1 aromatic heterocycles. The molecule has 5 nitrogen and oxygen atoms in total. The zero-order chi connectivity index (χ0) is 21.1. The molecule has 3 aromatic rings. The van der Waals surface area contributed by atoms with Crippen LogP contribution in [-0.2, 0) is 6.54 Å². The lowest BCUT2D eigenvalue weighted by atomic mass is 10.1. The van der Waals surface area contributed by atoms with Gasteiger partial charge in [-0.25, -0.2) is 4.98 Å². The topological polar surface area (TPSA) is 51.7 Å². The number of hydrogen-bond acceptors (Lipinski definition) is 4. The van der Waals surface area contributed by atoms with Crippen LogP contribution in [0.15, 0.2) is 66.7 Å². The fraction of sp³-hybridized carbons (Fsp3) is 0.280. The standard InChI is InChI=1S/C25H26N2O3/c1-17(2)30-21-13-11-19(12-14-21)23(16-29-24-10-6-7-18(3)26-24)27-15-20-8-4-5-9-22(20)25(27)28/h4-14,17,23H,15-16H2,1-3H3. The summed E-state index contributed by atoms with van der Waals surface area (Å²) < 4.78 is 11.8. The molecule has 0 fully saturated rings. The molecule has 0 bridgehead atoms. The van der Waals surface area contributed by atoms with E-state index in [9.17, 15) is 4.79 Å². The van der Waals surface area contributed by atoms with Crippen LogP contribution < -0.4 is 9.47 Å². The Kier molecular flexibility index (Phi) is 5.70. The van der Waals surface area contributed by atoms with Gasteiger partial charge in [0, 0.05) is 23.9 Å². The van der Waals surface area contributed by atoms with E-state index in [-0.39, 0.29) is 18.1 Å². The molecule has 0 aliphatic carbocycles. The van der Waals surface area contributed by atoms with Crippen molar-refractivity contribution in [1.82, 2.24) is 9.88 Å². The molecule has 4 rings (SSSR count). The summed E-state index contributed by atoms with van der Waals surface area (Å²) in [5.74, 6) is 1.40. The van der Waals surface area contributed by atoms with Gasteiger partial charge in [0.05, 0.1) is 12.1 Å². The number of benzene rings is 2. The monoisotopic (exact) mass is 402 g/mol. The summed E-state index contributed by atoms with van der Waals surface area (Å²) in [6.45, 7) is 6.81. The Bertz CT molecular complexity index is 1030. The molecular weight excluding hydrogens is 376 g/mol. The first-order valence-electron chi connectivity index (χ1n) is 10.2. The SMILES string of the molecule is Cc1cccc(OCC(c2ccc(OC(C)C)cc2)N2Cc3ccccc3C2=O)n1. The molecule has 0 spiro atoms. The van der Waals surface area contributed by atoms with Crippen LogP contribution in [0.2, 0.25) is 0 Å². The Morgan fingerprint density at radius 1 is 1.00 bits per heavy atom.